The Morgan fingerprint density at radius 3 is 2.75 bits per heavy atom. The van der Waals surface area contributed by atoms with Gasteiger partial charge in [-0.15, -0.1) is 0 Å². The summed E-state index contributed by atoms with van der Waals surface area (Å²) in [7, 11) is 0. The third-order valence-electron chi connectivity index (χ3n) is 2.11. The van der Waals surface area contributed by atoms with Crippen LogP contribution in [0.4, 0.5) is 5.69 Å². The van der Waals surface area contributed by atoms with Crippen LogP contribution in [0.2, 0.25) is 0 Å². The van der Waals surface area contributed by atoms with Crippen LogP contribution in [0.1, 0.15) is 18.4 Å². The van der Waals surface area contributed by atoms with Crippen LogP contribution in [0.25, 0.3) is 0 Å². The first-order valence-corrected chi connectivity index (χ1v) is 4.83. The highest BCUT2D eigenvalue weighted by molar-refractivity contribution is 6.06. The molecule has 0 radical (unpaired) electrons. The monoisotopic (exact) mass is 219 g/mol. The van der Waals surface area contributed by atoms with Gasteiger partial charge in [-0.25, -0.2) is 0 Å². The van der Waals surface area contributed by atoms with Crippen LogP contribution in [0.5, 0.6) is 0 Å². The summed E-state index contributed by atoms with van der Waals surface area (Å²) in [5, 5.41) is 6.20. The third kappa shape index (κ3) is 2.91. The first-order chi connectivity index (χ1) is 7.83. The fourth-order valence-corrected chi connectivity index (χ4v) is 1.39. The highest BCUT2D eigenvalue weighted by Gasteiger charge is 2.08. The maximum absolute atomic E-state index is 10.4. The Balaban J connectivity index is 2.99. The number of nitrogens with zero attached hydrogens (tertiary/aromatic N) is 1. The van der Waals surface area contributed by atoms with Crippen molar-refractivity contribution in [1.29, 1.82) is 0 Å². The van der Waals surface area contributed by atoms with Gasteiger partial charge in [0.25, 0.3) is 0 Å². The molecule has 0 aromatic heterocycles. The third-order valence-corrected chi connectivity index (χ3v) is 2.11. The van der Waals surface area contributed by atoms with E-state index in [1.165, 1.54) is 0 Å². The molecule has 16 heavy (non-hydrogen) atoms. The van der Waals surface area contributed by atoms with Crippen molar-refractivity contribution in [3.05, 3.63) is 29.8 Å². The van der Waals surface area contributed by atoms with Crippen LogP contribution in [0.15, 0.2) is 29.4 Å². The number of amides is 1. The lowest BCUT2D eigenvalue weighted by atomic mass is 10.0. The molecule has 3 N–H and O–H groups in total. The molecule has 0 aliphatic heterocycles. The van der Waals surface area contributed by atoms with E-state index in [1.807, 2.05) is 6.07 Å². The molecule has 0 spiro atoms. The number of anilines is 1. The molecule has 1 amide bonds. The van der Waals surface area contributed by atoms with Gasteiger partial charge in [0.1, 0.15) is 6.29 Å². The van der Waals surface area contributed by atoms with Gasteiger partial charge in [-0.3, -0.25) is 4.79 Å². The van der Waals surface area contributed by atoms with Crippen molar-refractivity contribution in [2.24, 2.45) is 10.9 Å². The molecule has 0 heterocycles. The minimum Gasteiger partial charge on any atom is -0.328 e. The van der Waals surface area contributed by atoms with Gasteiger partial charge in [0.15, 0.2) is 0 Å². The SMILES string of the molecule is N/N=C(/CCC=O)c1ccccc1NC=O. The van der Waals surface area contributed by atoms with E-state index in [2.05, 4.69) is 10.4 Å². The Kier molecular flexibility index (Phi) is 4.72. The Morgan fingerprint density at radius 2 is 2.12 bits per heavy atom. The summed E-state index contributed by atoms with van der Waals surface area (Å²) in [5.41, 5.74) is 1.96. The molecule has 0 fully saturated rings. The number of aldehydes is 1. The first-order valence-electron chi connectivity index (χ1n) is 4.83. The Hall–Kier alpha value is -2.17. The molecule has 5 nitrogen and oxygen atoms in total. The summed E-state index contributed by atoms with van der Waals surface area (Å²) in [5.74, 6) is 5.27. The summed E-state index contributed by atoms with van der Waals surface area (Å²) in [6.07, 6.45) is 2.21. The van der Waals surface area contributed by atoms with Crippen LogP contribution >= 0.6 is 0 Å². The fraction of sp³-hybridized carbons (Fsp3) is 0.182. The summed E-state index contributed by atoms with van der Waals surface area (Å²) in [6, 6.07) is 7.15. The number of carbonyl (C=O) groups is 2. The van der Waals surface area contributed by atoms with Crippen molar-refractivity contribution in [2.75, 3.05) is 5.32 Å². The van der Waals surface area contributed by atoms with Crippen LogP contribution in [-0.2, 0) is 9.59 Å². The van der Waals surface area contributed by atoms with Gasteiger partial charge in [0.2, 0.25) is 6.41 Å². The summed E-state index contributed by atoms with van der Waals surface area (Å²) < 4.78 is 0. The molecular weight excluding hydrogens is 206 g/mol. The molecule has 0 unspecified atom stereocenters. The molecule has 1 rings (SSSR count). The molecule has 84 valence electrons. The summed E-state index contributed by atoms with van der Waals surface area (Å²) >= 11 is 0. The van der Waals surface area contributed by atoms with E-state index in [1.54, 1.807) is 18.2 Å². The number of rotatable bonds is 6. The number of hydrazone groups is 1. The Bertz CT molecular complexity index is 402. The minimum absolute atomic E-state index is 0.353. The van der Waals surface area contributed by atoms with Crippen molar-refractivity contribution in [3.8, 4) is 0 Å². The number of hydrogen-bond donors (Lipinski definition) is 2. The zero-order chi connectivity index (χ0) is 11.8. The molecule has 0 atom stereocenters. The fourth-order valence-electron chi connectivity index (χ4n) is 1.39. The maximum Gasteiger partial charge on any atom is 0.211 e. The summed E-state index contributed by atoms with van der Waals surface area (Å²) in [4.78, 5) is 20.7. The maximum atomic E-state index is 10.4. The highest BCUT2D eigenvalue weighted by atomic mass is 16.1. The van der Waals surface area contributed by atoms with Gasteiger partial charge in [-0.05, 0) is 12.5 Å². The lowest BCUT2D eigenvalue weighted by Gasteiger charge is -2.08. The van der Waals surface area contributed by atoms with Gasteiger partial charge in [0.05, 0.1) is 5.71 Å². The van der Waals surface area contributed by atoms with E-state index in [0.29, 0.717) is 30.7 Å². The second-order valence-electron chi connectivity index (χ2n) is 3.09. The first kappa shape index (κ1) is 11.9. The Morgan fingerprint density at radius 1 is 1.38 bits per heavy atom. The lowest BCUT2D eigenvalue weighted by molar-refractivity contribution is -0.107. The molecule has 0 saturated heterocycles. The Labute approximate surface area is 93.3 Å². The number of para-hydroxylation sites is 1. The van der Waals surface area contributed by atoms with Crippen molar-refractivity contribution >= 4 is 24.1 Å². The largest absolute Gasteiger partial charge is 0.328 e. The molecular formula is C11H13N3O2. The van der Waals surface area contributed by atoms with E-state index < -0.39 is 0 Å². The second-order valence-corrected chi connectivity index (χ2v) is 3.09. The van der Waals surface area contributed by atoms with Gasteiger partial charge in [-0.1, -0.05) is 18.2 Å². The molecule has 0 bridgehead atoms. The second kappa shape index (κ2) is 6.34. The molecule has 1 aromatic carbocycles. The van der Waals surface area contributed by atoms with Crippen molar-refractivity contribution in [1.82, 2.24) is 0 Å². The molecule has 0 aliphatic rings. The van der Waals surface area contributed by atoms with Gasteiger partial charge < -0.3 is 16.0 Å². The van der Waals surface area contributed by atoms with Crippen LogP contribution in [0.3, 0.4) is 0 Å². The van der Waals surface area contributed by atoms with Gasteiger partial charge >= 0.3 is 0 Å². The van der Waals surface area contributed by atoms with E-state index in [-0.39, 0.29) is 0 Å². The zero-order valence-electron chi connectivity index (χ0n) is 8.72. The molecule has 0 aliphatic carbocycles. The molecule has 0 saturated carbocycles. The number of nitrogens with one attached hydrogen (secondary N) is 1. The molecule has 5 heteroatoms. The van der Waals surface area contributed by atoms with E-state index in [0.717, 1.165) is 11.8 Å². The standard InChI is InChI=1S/C11H13N3O2/c12-14-11(6-3-7-15)9-4-1-2-5-10(9)13-8-16/h1-2,4-5,7-8H,3,6,12H2,(H,13,16)/b14-11-. The number of benzene rings is 1. The van der Waals surface area contributed by atoms with Crippen LogP contribution in [0, 0.1) is 0 Å². The highest BCUT2D eigenvalue weighted by Crippen LogP contribution is 2.17. The normalized spacial score (nSPS) is 10.9. The van der Waals surface area contributed by atoms with E-state index in [4.69, 9.17) is 5.84 Å². The van der Waals surface area contributed by atoms with Crippen molar-refractivity contribution in [2.45, 2.75) is 12.8 Å². The number of carbonyl (C=O) groups excluding carboxylic acids is 2. The molecule has 1 aromatic rings. The van der Waals surface area contributed by atoms with Crippen LogP contribution in [-0.4, -0.2) is 18.4 Å². The predicted octanol–water partition coefficient (Wildman–Crippen LogP) is 0.897. The van der Waals surface area contributed by atoms with Crippen molar-refractivity contribution < 1.29 is 9.59 Å². The summed E-state index contributed by atoms with van der Waals surface area (Å²) in [6.45, 7) is 0. The lowest BCUT2D eigenvalue weighted by Crippen LogP contribution is -2.09. The van der Waals surface area contributed by atoms with Gasteiger partial charge in [0, 0.05) is 17.7 Å². The average Bonchev–Trinajstić information content (AvgIpc) is 2.32. The topological polar surface area (TPSA) is 84.5 Å². The number of hydrogen-bond acceptors (Lipinski definition) is 4. The smallest absolute Gasteiger partial charge is 0.211 e. The predicted molar refractivity (Wildman–Crippen MR) is 62.2 cm³/mol. The van der Waals surface area contributed by atoms with Gasteiger partial charge in [-0.2, -0.15) is 5.10 Å². The van der Waals surface area contributed by atoms with Crippen molar-refractivity contribution in [3.63, 3.8) is 0 Å². The number of nitrogens with two attached hydrogens (primary N) is 1. The van der Waals surface area contributed by atoms with E-state index >= 15 is 0 Å². The minimum atomic E-state index is 0.353. The van der Waals surface area contributed by atoms with E-state index in [9.17, 15) is 9.59 Å². The quantitative estimate of drug-likeness (QED) is 0.322. The zero-order valence-corrected chi connectivity index (χ0v) is 8.72. The average molecular weight is 219 g/mol. The van der Waals surface area contributed by atoms with Crippen LogP contribution < -0.4 is 11.2 Å².